The van der Waals surface area contributed by atoms with Crippen LogP contribution in [0.4, 0.5) is 5.69 Å². The van der Waals surface area contributed by atoms with Gasteiger partial charge in [-0.15, -0.1) is 0 Å². The Labute approximate surface area is 111 Å². The highest BCUT2D eigenvalue weighted by molar-refractivity contribution is 5.52. The second-order valence-corrected chi connectivity index (χ2v) is 5.93. The van der Waals surface area contributed by atoms with E-state index in [9.17, 15) is 0 Å². The lowest BCUT2D eigenvalue weighted by Crippen LogP contribution is -2.29. The largest absolute Gasteiger partial charge is 0.368 e. The van der Waals surface area contributed by atoms with E-state index in [1.807, 2.05) is 0 Å². The summed E-state index contributed by atoms with van der Waals surface area (Å²) in [4.78, 5) is 2.59. The molecule has 100 valence electrons. The zero-order valence-electron chi connectivity index (χ0n) is 11.9. The van der Waals surface area contributed by atoms with Crippen LogP contribution in [0.1, 0.15) is 37.8 Å². The quantitative estimate of drug-likeness (QED) is 0.835. The number of aryl methyl sites for hydroxylation is 1. The summed E-state index contributed by atoms with van der Waals surface area (Å²) in [6, 6.07) is 7.66. The van der Waals surface area contributed by atoms with Crippen LogP contribution in [0.2, 0.25) is 0 Å². The molecule has 1 aliphatic carbocycles. The number of nitrogens with two attached hydrogens (primary N) is 1. The van der Waals surface area contributed by atoms with Crippen LogP contribution in [0.15, 0.2) is 18.2 Å². The van der Waals surface area contributed by atoms with Gasteiger partial charge in [-0.3, -0.25) is 0 Å². The Hall–Kier alpha value is -1.02. The summed E-state index contributed by atoms with van der Waals surface area (Å²) in [6.07, 6.45) is 3.70. The van der Waals surface area contributed by atoms with Gasteiger partial charge < -0.3 is 10.6 Å². The van der Waals surface area contributed by atoms with Gasteiger partial charge in [0, 0.05) is 18.3 Å². The van der Waals surface area contributed by atoms with E-state index in [0.717, 1.165) is 24.9 Å². The summed E-state index contributed by atoms with van der Waals surface area (Å²) >= 11 is 0. The molecule has 0 bridgehead atoms. The summed E-state index contributed by atoms with van der Waals surface area (Å²) in [7, 11) is 0. The standard InChI is InChI=1S/C16H26N2/c1-12(2)11-18(15-6-7-15)16-5-4-14(8-9-17)13(3)10-16/h4-5,10,12,15H,6-9,11,17H2,1-3H3. The summed E-state index contributed by atoms with van der Waals surface area (Å²) in [5.74, 6) is 0.717. The van der Waals surface area contributed by atoms with Gasteiger partial charge in [0.15, 0.2) is 0 Å². The van der Waals surface area contributed by atoms with Crippen LogP contribution >= 0.6 is 0 Å². The van der Waals surface area contributed by atoms with Crippen molar-refractivity contribution >= 4 is 5.69 Å². The van der Waals surface area contributed by atoms with Crippen LogP contribution in [0, 0.1) is 12.8 Å². The van der Waals surface area contributed by atoms with E-state index in [1.165, 1.54) is 36.2 Å². The van der Waals surface area contributed by atoms with Crippen LogP contribution in [-0.2, 0) is 6.42 Å². The molecule has 2 heteroatoms. The molecule has 18 heavy (non-hydrogen) atoms. The van der Waals surface area contributed by atoms with E-state index in [-0.39, 0.29) is 0 Å². The third kappa shape index (κ3) is 3.26. The predicted octanol–water partition coefficient (Wildman–Crippen LogP) is 3.12. The Morgan fingerprint density at radius 1 is 1.33 bits per heavy atom. The third-order valence-corrected chi connectivity index (χ3v) is 3.62. The number of nitrogens with zero attached hydrogens (tertiary/aromatic N) is 1. The minimum absolute atomic E-state index is 0.717. The first-order chi connectivity index (χ1) is 8.61. The Morgan fingerprint density at radius 2 is 2.06 bits per heavy atom. The molecule has 0 atom stereocenters. The molecule has 1 aliphatic rings. The van der Waals surface area contributed by atoms with Crippen molar-refractivity contribution in [3.05, 3.63) is 29.3 Å². The van der Waals surface area contributed by atoms with Crippen molar-refractivity contribution in [3.8, 4) is 0 Å². The first-order valence-corrected chi connectivity index (χ1v) is 7.18. The molecule has 0 heterocycles. The van der Waals surface area contributed by atoms with Gasteiger partial charge in [0.2, 0.25) is 0 Å². The fraction of sp³-hybridized carbons (Fsp3) is 0.625. The Kier molecular flexibility index (Phi) is 4.28. The molecule has 0 amide bonds. The van der Waals surface area contributed by atoms with Crippen LogP contribution < -0.4 is 10.6 Å². The second kappa shape index (κ2) is 5.75. The highest BCUT2D eigenvalue weighted by Gasteiger charge is 2.29. The van der Waals surface area contributed by atoms with Gasteiger partial charge in [-0.2, -0.15) is 0 Å². The minimum atomic E-state index is 0.717. The molecule has 0 unspecified atom stereocenters. The molecule has 1 fully saturated rings. The van der Waals surface area contributed by atoms with E-state index in [2.05, 4.69) is 43.9 Å². The molecular weight excluding hydrogens is 220 g/mol. The smallest absolute Gasteiger partial charge is 0.0371 e. The average Bonchev–Trinajstić information content (AvgIpc) is 3.13. The van der Waals surface area contributed by atoms with E-state index in [4.69, 9.17) is 5.73 Å². The molecule has 1 aromatic rings. The van der Waals surface area contributed by atoms with Gasteiger partial charge in [-0.1, -0.05) is 19.9 Å². The Balaban J connectivity index is 2.17. The summed E-state index contributed by atoms with van der Waals surface area (Å²) in [5, 5.41) is 0. The molecule has 0 radical (unpaired) electrons. The fourth-order valence-electron chi connectivity index (χ4n) is 2.54. The number of hydrogen-bond donors (Lipinski definition) is 1. The molecule has 0 saturated heterocycles. The van der Waals surface area contributed by atoms with Crippen molar-refractivity contribution in [1.29, 1.82) is 0 Å². The lowest BCUT2D eigenvalue weighted by atomic mass is 10.0. The number of hydrogen-bond acceptors (Lipinski definition) is 2. The summed E-state index contributed by atoms with van der Waals surface area (Å²) in [6.45, 7) is 8.70. The molecular formula is C16H26N2. The minimum Gasteiger partial charge on any atom is -0.368 e. The average molecular weight is 246 g/mol. The van der Waals surface area contributed by atoms with E-state index in [0.29, 0.717) is 0 Å². The first-order valence-electron chi connectivity index (χ1n) is 7.18. The van der Waals surface area contributed by atoms with Gasteiger partial charge in [0.25, 0.3) is 0 Å². The van der Waals surface area contributed by atoms with Crippen LogP contribution in [0.5, 0.6) is 0 Å². The highest BCUT2D eigenvalue weighted by Crippen LogP contribution is 2.33. The van der Waals surface area contributed by atoms with Crippen molar-refractivity contribution < 1.29 is 0 Å². The fourth-order valence-corrected chi connectivity index (χ4v) is 2.54. The van der Waals surface area contributed by atoms with Crippen molar-refractivity contribution in [2.75, 3.05) is 18.0 Å². The number of anilines is 1. The molecule has 0 spiro atoms. The molecule has 1 saturated carbocycles. The van der Waals surface area contributed by atoms with E-state index >= 15 is 0 Å². The van der Waals surface area contributed by atoms with Crippen molar-refractivity contribution in [1.82, 2.24) is 0 Å². The highest BCUT2D eigenvalue weighted by atomic mass is 15.2. The van der Waals surface area contributed by atoms with Crippen molar-refractivity contribution in [2.45, 2.75) is 46.1 Å². The maximum atomic E-state index is 5.64. The predicted molar refractivity (Wildman–Crippen MR) is 79.1 cm³/mol. The monoisotopic (exact) mass is 246 g/mol. The summed E-state index contributed by atoms with van der Waals surface area (Å²) < 4.78 is 0. The molecule has 2 nitrogen and oxygen atoms in total. The molecule has 0 aromatic heterocycles. The SMILES string of the molecule is Cc1cc(N(CC(C)C)C2CC2)ccc1CCN. The van der Waals surface area contributed by atoms with Crippen LogP contribution in [-0.4, -0.2) is 19.1 Å². The lowest BCUT2D eigenvalue weighted by Gasteiger charge is -2.27. The van der Waals surface area contributed by atoms with Gasteiger partial charge in [0.05, 0.1) is 0 Å². The first kappa shape index (κ1) is 13.4. The molecule has 2 N–H and O–H groups in total. The third-order valence-electron chi connectivity index (χ3n) is 3.62. The molecule has 2 rings (SSSR count). The Bertz CT molecular complexity index is 394. The number of benzene rings is 1. The maximum absolute atomic E-state index is 5.64. The zero-order chi connectivity index (χ0) is 13.1. The Morgan fingerprint density at radius 3 is 2.56 bits per heavy atom. The van der Waals surface area contributed by atoms with E-state index < -0.39 is 0 Å². The van der Waals surface area contributed by atoms with E-state index in [1.54, 1.807) is 0 Å². The van der Waals surface area contributed by atoms with Gasteiger partial charge in [0.1, 0.15) is 0 Å². The van der Waals surface area contributed by atoms with Crippen LogP contribution in [0.25, 0.3) is 0 Å². The number of rotatable bonds is 6. The van der Waals surface area contributed by atoms with Crippen LogP contribution in [0.3, 0.4) is 0 Å². The van der Waals surface area contributed by atoms with Gasteiger partial charge in [-0.25, -0.2) is 0 Å². The van der Waals surface area contributed by atoms with Gasteiger partial charge >= 0.3 is 0 Å². The maximum Gasteiger partial charge on any atom is 0.0371 e. The zero-order valence-corrected chi connectivity index (χ0v) is 11.9. The lowest BCUT2D eigenvalue weighted by molar-refractivity contribution is 0.607. The molecule has 1 aromatic carbocycles. The van der Waals surface area contributed by atoms with Crippen molar-refractivity contribution in [2.24, 2.45) is 11.7 Å². The van der Waals surface area contributed by atoms with Gasteiger partial charge in [-0.05, 0) is 61.9 Å². The molecule has 0 aliphatic heterocycles. The van der Waals surface area contributed by atoms with Crippen molar-refractivity contribution in [3.63, 3.8) is 0 Å². The second-order valence-electron chi connectivity index (χ2n) is 5.93. The topological polar surface area (TPSA) is 29.3 Å². The normalized spacial score (nSPS) is 15.2. The summed E-state index contributed by atoms with van der Waals surface area (Å²) in [5.41, 5.74) is 9.81.